The lowest BCUT2D eigenvalue weighted by Gasteiger charge is -1.88. The molecule has 0 aromatic carbocycles. The molecule has 0 heterocycles. The minimum atomic E-state index is 0.535. The fraction of sp³-hybridized carbons (Fsp3) is 0.333. The number of nitrogens with two attached hydrogens (primary N) is 1. The van der Waals surface area contributed by atoms with Gasteiger partial charge in [0, 0.05) is 6.54 Å². The van der Waals surface area contributed by atoms with Crippen molar-refractivity contribution < 1.29 is 0 Å². The molecule has 0 spiro atoms. The second-order valence-electron chi connectivity index (χ2n) is 2.47. The third-order valence-electron chi connectivity index (χ3n) is 1.02. The van der Waals surface area contributed by atoms with Crippen LogP contribution in [0.25, 0.3) is 0 Å². The summed E-state index contributed by atoms with van der Waals surface area (Å²) >= 11 is 0. The molecule has 0 aliphatic heterocycles. The Balaban J connectivity index is 3.77. The standard InChI is InChI=1S/C9H15N/c1-8(2)5-4-6-9(3)7-10/h4-6H,3,7,10H2,1-2H3/b6-4-. The average Bonchev–Trinajstić information content (AvgIpc) is 1.87. The van der Waals surface area contributed by atoms with Gasteiger partial charge in [-0.15, -0.1) is 0 Å². The number of hydrogen-bond acceptors (Lipinski definition) is 1. The zero-order valence-corrected chi connectivity index (χ0v) is 6.72. The molecule has 0 aromatic heterocycles. The Bertz CT molecular complexity index is 160. The first kappa shape index (κ1) is 9.18. The molecule has 10 heavy (non-hydrogen) atoms. The van der Waals surface area contributed by atoms with Crippen molar-refractivity contribution in [2.75, 3.05) is 6.54 Å². The van der Waals surface area contributed by atoms with Crippen molar-refractivity contribution in [1.29, 1.82) is 0 Å². The zero-order valence-electron chi connectivity index (χ0n) is 6.72. The van der Waals surface area contributed by atoms with E-state index in [2.05, 4.69) is 20.4 Å². The first-order chi connectivity index (χ1) is 4.66. The van der Waals surface area contributed by atoms with Crippen molar-refractivity contribution >= 4 is 0 Å². The molecule has 1 nitrogen and oxygen atoms in total. The maximum Gasteiger partial charge on any atom is 0.0172 e. The lowest BCUT2D eigenvalue weighted by molar-refractivity contribution is 1.20. The van der Waals surface area contributed by atoms with E-state index in [9.17, 15) is 0 Å². The van der Waals surface area contributed by atoms with Gasteiger partial charge in [0.2, 0.25) is 0 Å². The van der Waals surface area contributed by atoms with Gasteiger partial charge in [-0.1, -0.05) is 30.4 Å². The molecule has 0 rings (SSSR count). The average molecular weight is 137 g/mol. The molecule has 0 aliphatic carbocycles. The molecule has 0 saturated heterocycles. The van der Waals surface area contributed by atoms with Gasteiger partial charge in [0.05, 0.1) is 0 Å². The number of hydrogen-bond donors (Lipinski definition) is 1. The fourth-order valence-electron chi connectivity index (χ4n) is 0.445. The second-order valence-corrected chi connectivity index (χ2v) is 2.47. The van der Waals surface area contributed by atoms with Gasteiger partial charge >= 0.3 is 0 Å². The van der Waals surface area contributed by atoms with E-state index >= 15 is 0 Å². The van der Waals surface area contributed by atoms with Crippen LogP contribution in [-0.4, -0.2) is 6.54 Å². The van der Waals surface area contributed by atoms with Gasteiger partial charge in [-0.2, -0.15) is 0 Å². The summed E-state index contributed by atoms with van der Waals surface area (Å²) in [5, 5.41) is 0. The molecule has 0 fully saturated rings. The minimum absolute atomic E-state index is 0.535. The van der Waals surface area contributed by atoms with E-state index in [1.807, 2.05) is 18.2 Å². The molecular formula is C9H15N. The van der Waals surface area contributed by atoms with Crippen LogP contribution in [0.15, 0.2) is 36.0 Å². The molecule has 0 aromatic rings. The van der Waals surface area contributed by atoms with E-state index in [1.165, 1.54) is 5.57 Å². The lowest BCUT2D eigenvalue weighted by Crippen LogP contribution is -1.98. The summed E-state index contributed by atoms with van der Waals surface area (Å²) in [6.07, 6.45) is 5.92. The molecule has 56 valence electrons. The van der Waals surface area contributed by atoms with Crippen LogP contribution >= 0.6 is 0 Å². The highest BCUT2D eigenvalue weighted by atomic mass is 14.5. The molecule has 0 radical (unpaired) electrons. The van der Waals surface area contributed by atoms with E-state index in [4.69, 9.17) is 5.73 Å². The maximum atomic E-state index is 5.32. The van der Waals surface area contributed by atoms with E-state index in [0.29, 0.717) is 6.54 Å². The Morgan fingerprint density at radius 3 is 2.50 bits per heavy atom. The summed E-state index contributed by atoms with van der Waals surface area (Å²) in [4.78, 5) is 0. The van der Waals surface area contributed by atoms with Crippen LogP contribution in [-0.2, 0) is 0 Å². The molecule has 0 unspecified atom stereocenters. The lowest BCUT2D eigenvalue weighted by atomic mass is 10.2. The zero-order chi connectivity index (χ0) is 7.98. The predicted octanol–water partition coefficient (Wildman–Crippen LogP) is 2.02. The van der Waals surface area contributed by atoms with Crippen LogP contribution < -0.4 is 5.73 Å². The Kier molecular flexibility index (Phi) is 4.59. The molecule has 0 aliphatic rings. The van der Waals surface area contributed by atoms with Gasteiger partial charge in [-0.05, 0) is 19.4 Å². The molecule has 0 atom stereocenters. The van der Waals surface area contributed by atoms with Crippen LogP contribution in [0.3, 0.4) is 0 Å². The first-order valence-corrected chi connectivity index (χ1v) is 3.36. The van der Waals surface area contributed by atoms with E-state index in [-0.39, 0.29) is 0 Å². The van der Waals surface area contributed by atoms with Gasteiger partial charge in [-0.3, -0.25) is 0 Å². The smallest absolute Gasteiger partial charge is 0.0172 e. The molecule has 0 amide bonds. The molecule has 0 bridgehead atoms. The van der Waals surface area contributed by atoms with Crippen LogP contribution in [0.1, 0.15) is 13.8 Å². The summed E-state index contributed by atoms with van der Waals surface area (Å²) in [6.45, 7) is 8.37. The first-order valence-electron chi connectivity index (χ1n) is 3.36. The Labute approximate surface area is 62.9 Å². The van der Waals surface area contributed by atoms with Gasteiger partial charge < -0.3 is 5.73 Å². The van der Waals surface area contributed by atoms with Crippen LogP contribution in [0, 0.1) is 0 Å². The summed E-state index contributed by atoms with van der Waals surface area (Å²) in [6, 6.07) is 0. The number of rotatable bonds is 3. The Morgan fingerprint density at radius 2 is 2.10 bits per heavy atom. The largest absolute Gasteiger partial charge is 0.327 e. The highest BCUT2D eigenvalue weighted by molar-refractivity contribution is 5.21. The van der Waals surface area contributed by atoms with Crippen LogP contribution in [0.5, 0.6) is 0 Å². The fourth-order valence-corrected chi connectivity index (χ4v) is 0.445. The van der Waals surface area contributed by atoms with Crippen molar-refractivity contribution in [1.82, 2.24) is 0 Å². The molecule has 1 heteroatoms. The molecular weight excluding hydrogens is 122 g/mol. The van der Waals surface area contributed by atoms with Crippen molar-refractivity contribution in [2.45, 2.75) is 13.8 Å². The van der Waals surface area contributed by atoms with E-state index in [0.717, 1.165) is 5.57 Å². The Hall–Kier alpha value is -0.820. The summed E-state index contributed by atoms with van der Waals surface area (Å²) < 4.78 is 0. The summed E-state index contributed by atoms with van der Waals surface area (Å²) in [7, 11) is 0. The van der Waals surface area contributed by atoms with Gasteiger partial charge in [0.25, 0.3) is 0 Å². The monoisotopic (exact) mass is 137 g/mol. The van der Waals surface area contributed by atoms with Crippen molar-refractivity contribution in [3.8, 4) is 0 Å². The summed E-state index contributed by atoms with van der Waals surface area (Å²) in [5.74, 6) is 0. The predicted molar refractivity (Wildman–Crippen MR) is 46.8 cm³/mol. The second kappa shape index (κ2) is 5.00. The van der Waals surface area contributed by atoms with E-state index < -0.39 is 0 Å². The van der Waals surface area contributed by atoms with Crippen molar-refractivity contribution in [2.24, 2.45) is 5.73 Å². The third-order valence-corrected chi connectivity index (χ3v) is 1.02. The summed E-state index contributed by atoms with van der Waals surface area (Å²) in [5.41, 5.74) is 7.55. The van der Waals surface area contributed by atoms with Crippen molar-refractivity contribution in [3.63, 3.8) is 0 Å². The highest BCUT2D eigenvalue weighted by Gasteiger charge is 1.78. The van der Waals surface area contributed by atoms with Gasteiger partial charge in [0.15, 0.2) is 0 Å². The normalized spacial score (nSPS) is 9.90. The van der Waals surface area contributed by atoms with E-state index in [1.54, 1.807) is 0 Å². The maximum absolute atomic E-state index is 5.32. The quantitative estimate of drug-likeness (QED) is 0.592. The Morgan fingerprint density at radius 1 is 1.50 bits per heavy atom. The molecule has 0 saturated carbocycles. The highest BCUT2D eigenvalue weighted by Crippen LogP contribution is 1.92. The van der Waals surface area contributed by atoms with Gasteiger partial charge in [-0.25, -0.2) is 0 Å². The third kappa shape index (κ3) is 5.32. The number of allylic oxidation sites excluding steroid dienone is 3. The van der Waals surface area contributed by atoms with Crippen LogP contribution in [0.2, 0.25) is 0 Å². The van der Waals surface area contributed by atoms with Crippen molar-refractivity contribution in [3.05, 3.63) is 36.0 Å². The topological polar surface area (TPSA) is 26.0 Å². The minimum Gasteiger partial charge on any atom is -0.327 e. The molecule has 2 N–H and O–H groups in total. The SMILES string of the molecule is C=C(/C=C\C=C(C)C)CN. The van der Waals surface area contributed by atoms with Gasteiger partial charge in [0.1, 0.15) is 0 Å². The van der Waals surface area contributed by atoms with Crippen LogP contribution in [0.4, 0.5) is 0 Å².